The molecule has 0 aromatic heterocycles. The van der Waals surface area contributed by atoms with Gasteiger partial charge in [0.25, 0.3) is 5.91 Å². The lowest BCUT2D eigenvalue weighted by atomic mass is 9.89. The molecule has 0 saturated carbocycles. The number of nitrogens with zero attached hydrogens (tertiary/aromatic N) is 2. The molecule has 7 nitrogen and oxygen atoms in total. The van der Waals surface area contributed by atoms with Crippen LogP contribution in [0.2, 0.25) is 0 Å². The number of carbonyl (C=O) groups is 2. The number of esters is 1. The lowest BCUT2D eigenvalue weighted by Gasteiger charge is -2.22. The third-order valence-electron chi connectivity index (χ3n) is 7.24. The van der Waals surface area contributed by atoms with E-state index in [9.17, 15) is 9.59 Å². The second-order valence-electron chi connectivity index (χ2n) is 10.3. The predicted octanol–water partition coefficient (Wildman–Crippen LogP) is 6.98. The number of fused-ring (bicyclic) bond motifs is 2. The summed E-state index contributed by atoms with van der Waals surface area (Å²) < 4.78 is 29.2. The molecular formula is C34H41N3O4. The van der Waals surface area contributed by atoms with Crippen LogP contribution in [-0.2, 0) is 9.53 Å². The highest BCUT2D eigenvalue weighted by Gasteiger charge is 2.24. The zero-order valence-corrected chi connectivity index (χ0v) is 24.9. The van der Waals surface area contributed by atoms with Crippen molar-refractivity contribution in [3.8, 4) is 22.5 Å². The van der Waals surface area contributed by atoms with Gasteiger partial charge in [-0.05, 0) is 75.4 Å². The molecule has 0 unspecified atom stereocenters. The molecule has 0 bridgehead atoms. The Morgan fingerprint density at radius 3 is 2.56 bits per heavy atom. The number of anilines is 1. The topological polar surface area (TPSA) is 84.1 Å². The molecule has 0 atom stereocenters. The number of ether oxygens (including phenoxy) is 1. The summed E-state index contributed by atoms with van der Waals surface area (Å²) in [5.74, 6) is -0.0166. The Balaban J connectivity index is 1.91. The van der Waals surface area contributed by atoms with Gasteiger partial charge in [-0.2, -0.15) is 0 Å². The van der Waals surface area contributed by atoms with Crippen LogP contribution in [0.5, 0.6) is 0 Å². The van der Waals surface area contributed by atoms with Crippen molar-refractivity contribution in [1.82, 2.24) is 4.90 Å². The average Bonchev–Trinajstić information content (AvgIpc) is 3.00. The van der Waals surface area contributed by atoms with Crippen LogP contribution in [0, 0.1) is 13.8 Å². The molecule has 2 aromatic rings. The fourth-order valence-electron chi connectivity index (χ4n) is 5.10. The predicted molar refractivity (Wildman–Crippen MR) is 165 cm³/mol. The van der Waals surface area contributed by atoms with Crippen LogP contribution in [0.4, 0.5) is 5.69 Å². The van der Waals surface area contributed by atoms with Gasteiger partial charge in [-0.15, -0.1) is 0 Å². The van der Waals surface area contributed by atoms with Gasteiger partial charge in [0, 0.05) is 73.0 Å². The lowest BCUT2D eigenvalue weighted by Crippen LogP contribution is -2.28. The molecule has 41 heavy (non-hydrogen) atoms. The van der Waals surface area contributed by atoms with Gasteiger partial charge in [-0.3, -0.25) is 14.6 Å². The smallest absolute Gasteiger partial charge is 0.305 e. The van der Waals surface area contributed by atoms with Gasteiger partial charge in [0.05, 0.1) is 15.2 Å². The average molecular weight is 558 g/mol. The Kier molecular flexibility index (Phi) is 8.90. The van der Waals surface area contributed by atoms with Crippen LogP contribution in [0.1, 0.15) is 63.8 Å². The first-order valence-corrected chi connectivity index (χ1v) is 14.3. The fraction of sp³-hybridized carbons (Fsp3) is 0.382. The molecule has 1 aliphatic carbocycles. The van der Waals surface area contributed by atoms with Gasteiger partial charge in [0.2, 0.25) is 0 Å². The number of methoxy groups -OCH3 is 1. The van der Waals surface area contributed by atoms with Crippen molar-refractivity contribution in [2.45, 2.75) is 53.4 Å². The lowest BCUT2D eigenvalue weighted by molar-refractivity contribution is -0.140. The summed E-state index contributed by atoms with van der Waals surface area (Å²) >= 11 is 0. The molecule has 2 aliphatic rings. The summed E-state index contributed by atoms with van der Waals surface area (Å²) in [6.07, 6.45) is 2.65. The van der Waals surface area contributed by atoms with E-state index in [1.165, 1.54) is 7.11 Å². The molecule has 0 spiro atoms. The Morgan fingerprint density at radius 1 is 1.05 bits per heavy atom. The maximum Gasteiger partial charge on any atom is 0.305 e. The maximum absolute atomic E-state index is 13.9. The summed E-state index contributed by atoms with van der Waals surface area (Å²) in [5, 5.41) is 4.55. The van der Waals surface area contributed by atoms with Crippen LogP contribution >= 0.6 is 0 Å². The Hall–Kier alpha value is -4.13. The maximum atomic E-state index is 13.9. The van der Waals surface area contributed by atoms with Gasteiger partial charge in [0.15, 0.2) is 0 Å². The van der Waals surface area contributed by atoms with E-state index in [1.54, 1.807) is 11.9 Å². The second kappa shape index (κ2) is 13.5. The Morgan fingerprint density at radius 2 is 1.83 bits per heavy atom. The third kappa shape index (κ3) is 6.62. The molecule has 216 valence electrons. The summed E-state index contributed by atoms with van der Waals surface area (Å²) in [5.41, 5.74) is 5.46. The van der Waals surface area contributed by atoms with Crippen molar-refractivity contribution < 1.29 is 21.5 Å². The van der Waals surface area contributed by atoms with Gasteiger partial charge >= 0.3 is 5.97 Å². The Bertz CT molecular complexity index is 1700. The Labute approximate surface area is 245 Å². The molecule has 1 amide bonds. The highest BCUT2D eigenvalue weighted by molar-refractivity contribution is 6.09. The standard InChI is InChI=1S/C34H41N3O4/c1-7-35-28-20-30-26(18-22(28)3)33(27-19-23(4)29(36-8-2)21-31(27)41-30)24-14-11-12-15-25(24)34(39)37(5)17-13-9-10-16-32(38)40-6/h11-12,14-15,18-21,35H,7-10,13,16-17H2,1-6H3/i20D,21D. The van der Waals surface area contributed by atoms with E-state index in [4.69, 9.17) is 11.9 Å². The molecule has 1 N–H and O–H groups in total. The molecule has 0 saturated heterocycles. The van der Waals surface area contributed by atoms with Gasteiger partial charge < -0.3 is 19.4 Å². The first-order chi connectivity index (χ1) is 20.6. The fourth-order valence-corrected chi connectivity index (χ4v) is 5.10. The molecule has 7 heteroatoms. The first kappa shape index (κ1) is 27.1. The summed E-state index contributed by atoms with van der Waals surface area (Å²) in [4.78, 5) is 31.6. The molecule has 0 fully saturated rings. The van der Waals surface area contributed by atoms with E-state index in [2.05, 4.69) is 10.3 Å². The minimum atomic E-state index is -0.224. The van der Waals surface area contributed by atoms with Crippen molar-refractivity contribution in [2.75, 3.05) is 39.1 Å². The van der Waals surface area contributed by atoms with Crippen molar-refractivity contribution in [3.05, 3.63) is 70.5 Å². The highest BCUT2D eigenvalue weighted by Crippen LogP contribution is 2.43. The summed E-state index contributed by atoms with van der Waals surface area (Å²) in [7, 11) is 3.17. The van der Waals surface area contributed by atoms with Crippen LogP contribution in [-0.4, -0.2) is 50.6 Å². The number of unbranched alkanes of at least 4 members (excludes halogenated alkanes) is 2. The van der Waals surface area contributed by atoms with Crippen LogP contribution < -0.4 is 10.7 Å². The minimum absolute atomic E-state index is 0.127. The van der Waals surface area contributed by atoms with E-state index < -0.39 is 0 Å². The monoisotopic (exact) mass is 557 g/mol. The second-order valence-corrected chi connectivity index (χ2v) is 10.3. The van der Waals surface area contributed by atoms with Crippen LogP contribution in [0.25, 0.3) is 33.4 Å². The van der Waals surface area contributed by atoms with Gasteiger partial charge in [-0.1, -0.05) is 24.6 Å². The number of carbonyl (C=O) groups excluding carboxylic acids is 2. The van der Waals surface area contributed by atoms with Gasteiger partial charge in [-0.25, -0.2) is 0 Å². The summed E-state index contributed by atoms with van der Waals surface area (Å²) in [6, 6.07) is 11.8. The zero-order chi connectivity index (χ0) is 31.3. The van der Waals surface area contributed by atoms with Crippen LogP contribution in [0.15, 0.2) is 57.9 Å². The normalized spacial score (nSPS) is 12.4. The molecule has 1 heterocycles. The summed E-state index contributed by atoms with van der Waals surface area (Å²) in [6.45, 7) is 9.51. The molecule has 2 aromatic carbocycles. The molecule has 4 rings (SSSR count). The number of nitrogens with one attached hydrogen (secondary N) is 1. The molecular weight excluding hydrogens is 514 g/mol. The van der Waals surface area contributed by atoms with Crippen molar-refractivity contribution >= 4 is 28.5 Å². The number of benzene rings is 3. The van der Waals surface area contributed by atoms with Crippen molar-refractivity contribution in [3.63, 3.8) is 0 Å². The van der Waals surface area contributed by atoms with E-state index in [0.717, 1.165) is 29.5 Å². The number of hydrogen-bond donors (Lipinski definition) is 1. The van der Waals surface area contributed by atoms with Crippen molar-refractivity contribution in [2.24, 2.45) is 4.99 Å². The number of hydrogen-bond acceptors (Lipinski definition) is 6. The largest absolute Gasteiger partial charge is 0.469 e. The zero-order valence-electron chi connectivity index (χ0n) is 26.9. The van der Waals surface area contributed by atoms with Gasteiger partial charge in [0.1, 0.15) is 11.3 Å². The molecule has 0 radical (unpaired) electrons. The van der Waals surface area contributed by atoms with E-state index in [0.29, 0.717) is 76.9 Å². The first-order valence-electron chi connectivity index (χ1n) is 15.3. The third-order valence-corrected chi connectivity index (χ3v) is 7.24. The SMILES string of the molecule is [2H]c1c2oc3c([2H])c(NCC)c(C)cc3c(-c3ccccc3C(=O)N(C)CCCCCC(=O)OC)c-2cc(C)c1=NCC. The van der Waals surface area contributed by atoms with E-state index >= 15 is 0 Å². The van der Waals surface area contributed by atoms with Crippen LogP contribution in [0.3, 0.4) is 0 Å². The molecule has 1 aliphatic heterocycles. The minimum Gasteiger partial charge on any atom is -0.469 e. The quantitative estimate of drug-likeness (QED) is 0.122. The number of rotatable bonds is 11. The number of aryl methyl sites for hydroxylation is 2. The number of amides is 1. The highest BCUT2D eigenvalue weighted by atomic mass is 16.5. The van der Waals surface area contributed by atoms with Crippen molar-refractivity contribution in [1.29, 1.82) is 0 Å². The van der Waals surface area contributed by atoms with E-state index in [1.807, 2.05) is 64.1 Å². The van der Waals surface area contributed by atoms with E-state index in [-0.39, 0.29) is 24.0 Å².